The second-order valence-electron chi connectivity index (χ2n) is 4.22. The molecule has 0 spiro atoms. The van der Waals surface area contributed by atoms with E-state index in [9.17, 15) is 4.79 Å². The summed E-state index contributed by atoms with van der Waals surface area (Å²) in [6.45, 7) is 2.24. The predicted molar refractivity (Wildman–Crippen MR) is 74.5 cm³/mol. The first-order chi connectivity index (χ1) is 9.19. The Labute approximate surface area is 115 Å². The zero-order valence-electron chi connectivity index (χ0n) is 10.7. The number of aromatic nitrogens is 3. The van der Waals surface area contributed by atoms with Crippen molar-refractivity contribution in [3.63, 3.8) is 0 Å². The van der Waals surface area contributed by atoms with Crippen molar-refractivity contribution in [3.05, 3.63) is 28.7 Å². The van der Waals surface area contributed by atoms with Crippen molar-refractivity contribution in [1.82, 2.24) is 20.1 Å². The van der Waals surface area contributed by atoms with E-state index in [2.05, 4.69) is 22.3 Å². The van der Waals surface area contributed by atoms with Crippen molar-refractivity contribution in [2.45, 2.75) is 32.4 Å². The van der Waals surface area contributed by atoms with Gasteiger partial charge in [-0.1, -0.05) is 19.4 Å². The lowest BCUT2D eigenvalue weighted by molar-refractivity contribution is -0.122. The van der Waals surface area contributed by atoms with Crippen LogP contribution in [-0.2, 0) is 11.3 Å². The number of carbonyl (C=O) groups is 1. The van der Waals surface area contributed by atoms with Gasteiger partial charge in [0.2, 0.25) is 11.9 Å². The van der Waals surface area contributed by atoms with Gasteiger partial charge < -0.3 is 11.1 Å². The largest absolute Gasteiger partial charge is 0.367 e. The van der Waals surface area contributed by atoms with Crippen LogP contribution in [0.3, 0.4) is 0 Å². The summed E-state index contributed by atoms with van der Waals surface area (Å²) in [5.74, 6) is 0.0907. The average molecular weight is 279 g/mol. The summed E-state index contributed by atoms with van der Waals surface area (Å²) in [7, 11) is 0. The molecule has 0 fully saturated rings. The van der Waals surface area contributed by atoms with Crippen molar-refractivity contribution >= 4 is 23.2 Å². The Morgan fingerprint density at radius 1 is 1.63 bits per heavy atom. The first kappa shape index (κ1) is 13.5. The fraction of sp³-hybridized carbons (Fsp3) is 0.417. The first-order valence-corrected chi connectivity index (χ1v) is 7.04. The molecule has 0 aromatic carbocycles. The van der Waals surface area contributed by atoms with Gasteiger partial charge in [0.15, 0.2) is 0 Å². The molecule has 2 aromatic rings. The standard InChI is InChI=1S/C12H17N5OS/c1-2-4-9(10-5-3-6-19-10)15-11(18)7-17-8-14-12(13)16-17/h3,5-6,8-9H,2,4,7H2,1H3,(H2,13,16)(H,15,18). The molecule has 0 saturated carbocycles. The van der Waals surface area contributed by atoms with E-state index in [1.54, 1.807) is 11.3 Å². The monoisotopic (exact) mass is 279 g/mol. The lowest BCUT2D eigenvalue weighted by Crippen LogP contribution is -2.31. The van der Waals surface area contributed by atoms with Gasteiger partial charge in [-0.05, 0) is 17.9 Å². The summed E-state index contributed by atoms with van der Waals surface area (Å²) in [6.07, 6.45) is 3.39. The van der Waals surface area contributed by atoms with Gasteiger partial charge in [0.1, 0.15) is 12.9 Å². The third kappa shape index (κ3) is 3.78. The SMILES string of the molecule is CCCC(NC(=O)Cn1cnc(N)n1)c1cccs1. The topological polar surface area (TPSA) is 85.8 Å². The quantitative estimate of drug-likeness (QED) is 0.840. The number of hydrogen-bond acceptors (Lipinski definition) is 5. The van der Waals surface area contributed by atoms with Gasteiger partial charge in [0, 0.05) is 4.88 Å². The number of nitrogen functional groups attached to an aromatic ring is 1. The summed E-state index contributed by atoms with van der Waals surface area (Å²) in [5, 5.41) is 8.93. The van der Waals surface area contributed by atoms with Crippen LogP contribution in [0.25, 0.3) is 0 Å². The molecular formula is C12H17N5OS. The van der Waals surface area contributed by atoms with Crippen molar-refractivity contribution in [2.75, 3.05) is 5.73 Å². The zero-order valence-corrected chi connectivity index (χ0v) is 11.6. The second-order valence-corrected chi connectivity index (χ2v) is 5.20. The van der Waals surface area contributed by atoms with Crippen molar-refractivity contribution in [3.8, 4) is 0 Å². The molecule has 0 saturated heterocycles. The smallest absolute Gasteiger partial charge is 0.242 e. The Kier molecular flexibility index (Phi) is 4.51. The van der Waals surface area contributed by atoms with E-state index in [1.807, 2.05) is 17.5 Å². The van der Waals surface area contributed by atoms with E-state index >= 15 is 0 Å². The summed E-state index contributed by atoms with van der Waals surface area (Å²) >= 11 is 1.65. The maximum atomic E-state index is 12.0. The lowest BCUT2D eigenvalue weighted by Gasteiger charge is -2.16. The van der Waals surface area contributed by atoms with Crippen LogP contribution in [0, 0.1) is 0 Å². The zero-order chi connectivity index (χ0) is 13.7. The molecule has 0 bridgehead atoms. The summed E-state index contributed by atoms with van der Waals surface area (Å²) in [6, 6.07) is 4.10. The number of nitrogens with one attached hydrogen (secondary N) is 1. The average Bonchev–Trinajstić information content (AvgIpc) is 3.00. The lowest BCUT2D eigenvalue weighted by atomic mass is 10.1. The van der Waals surface area contributed by atoms with Gasteiger partial charge >= 0.3 is 0 Å². The van der Waals surface area contributed by atoms with Crippen LogP contribution in [-0.4, -0.2) is 20.7 Å². The molecule has 2 heterocycles. The van der Waals surface area contributed by atoms with Crippen molar-refractivity contribution in [2.24, 2.45) is 0 Å². The minimum absolute atomic E-state index is 0.0679. The van der Waals surface area contributed by atoms with Crippen molar-refractivity contribution < 1.29 is 4.79 Å². The number of nitrogens with zero attached hydrogens (tertiary/aromatic N) is 3. The van der Waals surface area contributed by atoms with Crippen LogP contribution in [0.15, 0.2) is 23.8 Å². The molecule has 6 nitrogen and oxygen atoms in total. The molecule has 19 heavy (non-hydrogen) atoms. The number of rotatable bonds is 6. The minimum atomic E-state index is -0.0863. The Morgan fingerprint density at radius 3 is 3.05 bits per heavy atom. The van der Waals surface area contributed by atoms with E-state index in [0.29, 0.717) is 0 Å². The Hall–Kier alpha value is -1.89. The van der Waals surface area contributed by atoms with Crippen LogP contribution < -0.4 is 11.1 Å². The van der Waals surface area contributed by atoms with E-state index in [1.165, 1.54) is 15.9 Å². The molecule has 102 valence electrons. The number of nitrogens with two attached hydrogens (primary N) is 1. The molecule has 1 unspecified atom stereocenters. The van der Waals surface area contributed by atoms with Gasteiger partial charge in [-0.15, -0.1) is 16.4 Å². The number of carbonyl (C=O) groups excluding carboxylic acids is 1. The Morgan fingerprint density at radius 2 is 2.47 bits per heavy atom. The minimum Gasteiger partial charge on any atom is -0.367 e. The van der Waals surface area contributed by atoms with Gasteiger partial charge in [-0.25, -0.2) is 9.67 Å². The van der Waals surface area contributed by atoms with Crippen LogP contribution >= 0.6 is 11.3 Å². The molecular weight excluding hydrogens is 262 g/mol. The van der Waals surface area contributed by atoms with E-state index in [0.717, 1.165) is 12.8 Å². The summed E-state index contributed by atoms with van der Waals surface area (Å²) in [5.41, 5.74) is 5.41. The maximum absolute atomic E-state index is 12.0. The fourth-order valence-corrected chi connectivity index (χ4v) is 2.65. The van der Waals surface area contributed by atoms with Crippen molar-refractivity contribution in [1.29, 1.82) is 0 Å². The molecule has 0 aliphatic rings. The van der Waals surface area contributed by atoms with Gasteiger partial charge in [-0.2, -0.15) is 0 Å². The summed E-state index contributed by atoms with van der Waals surface area (Å²) in [4.78, 5) is 16.9. The van der Waals surface area contributed by atoms with Crippen LogP contribution in [0.2, 0.25) is 0 Å². The predicted octanol–water partition coefficient (Wildman–Crippen LogP) is 1.58. The molecule has 7 heteroatoms. The Bertz CT molecular complexity index is 522. The third-order valence-electron chi connectivity index (χ3n) is 2.66. The highest BCUT2D eigenvalue weighted by Crippen LogP contribution is 2.23. The molecule has 0 aliphatic carbocycles. The van der Waals surface area contributed by atoms with Gasteiger partial charge in [0.05, 0.1) is 6.04 Å². The highest BCUT2D eigenvalue weighted by atomic mass is 32.1. The molecule has 0 radical (unpaired) electrons. The molecule has 0 aliphatic heterocycles. The second kappa shape index (κ2) is 6.33. The number of thiophene rings is 1. The number of anilines is 1. The van der Waals surface area contributed by atoms with E-state index in [-0.39, 0.29) is 24.4 Å². The molecule has 1 atom stereocenters. The van der Waals surface area contributed by atoms with Crippen LogP contribution in [0.4, 0.5) is 5.95 Å². The third-order valence-corrected chi connectivity index (χ3v) is 3.64. The number of amides is 1. The van der Waals surface area contributed by atoms with Gasteiger partial charge in [0.25, 0.3) is 0 Å². The highest BCUT2D eigenvalue weighted by molar-refractivity contribution is 7.10. The van der Waals surface area contributed by atoms with E-state index in [4.69, 9.17) is 5.73 Å². The maximum Gasteiger partial charge on any atom is 0.242 e. The highest BCUT2D eigenvalue weighted by Gasteiger charge is 2.15. The molecule has 1 amide bonds. The van der Waals surface area contributed by atoms with Crippen LogP contribution in [0.5, 0.6) is 0 Å². The molecule has 2 aromatic heterocycles. The van der Waals surface area contributed by atoms with Crippen LogP contribution in [0.1, 0.15) is 30.7 Å². The normalized spacial score (nSPS) is 12.3. The van der Waals surface area contributed by atoms with Gasteiger partial charge in [-0.3, -0.25) is 4.79 Å². The fourth-order valence-electron chi connectivity index (χ4n) is 1.84. The summed E-state index contributed by atoms with van der Waals surface area (Å²) < 4.78 is 1.43. The van der Waals surface area contributed by atoms with E-state index < -0.39 is 0 Å². The first-order valence-electron chi connectivity index (χ1n) is 6.16. The Balaban J connectivity index is 1.95. The molecule has 2 rings (SSSR count). The number of hydrogen-bond donors (Lipinski definition) is 2. The molecule has 3 N–H and O–H groups in total.